The summed E-state index contributed by atoms with van der Waals surface area (Å²) in [6.07, 6.45) is 3.58. The van der Waals surface area contributed by atoms with Crippen LogP contribution in [0.3, 0.4) is 0 Å². The van der Waals surface area contributed by atoms with E-state index in [2.05, 4.69) is 42.4 Å². The van der Waals surface area contributed by atoms with Gasteiger partial charge in [-0.05, 0) is 56.1 Å². The van der Waals surface area contributed by atoms with E-state index in [-0.39, 0.29) is 11.2 Å². The van der Waals surface area contributed by atoms with Crippen molar-refractivity contribution >= 4 is 29.0 Å². The van der Waals surface area contributed by atoms with Crippen LogP contribution in [0.15, 0.2) is 11.2 Å². The van der Waals surface area contributed by atoms with Gasteiger partial charge in [0.1, 0.15) is 0 Å². The Morgan fingerprint density at radius 1 is 1.44 bits per heavy atom. The fourth-order valence-corrected chi connectivity index (χ4v) is 5.60. The van der Waals surface area contributed by atoms with Crippen molar-refractivity contribution in [3.05, 3.63) is 16.5 Å². The van der Waals surface area contributed by atoms with Gasteiger partial charge in [-0.3, -0.25) is 4.79 Å². The van der Waals surface area contributed by atoms with Crippen LogP contribution >= 0.6 is 23.1 Å². The lowest BCUT2D eigenvalue weighted by Gasteiger charge is -2.33. The van der Waals surface area contributed by atoms with Crippen LogP contribution in [0.1, 0.15) is 51.5 Å². The van der Waals surface area contributed by atoms with E-state index in [0.717, 1.165) is 29.7 Å². The van der Waals surface area contributed by atoms with E-state index in [0.29, 0.717) is 12.0 Å². The number of hydrogen-bond donors (Lipinski definition) is 1. The summed E-state index contributed by atoms with van der Waals surface area (Å²) < 4.78 is 2.01. The maximum atomic E-state index is 12.0. The Hall–Kier alpha value is -1.34. The normalized spacial score (nSPS) is 18.2. The fourth-order valence-electron chi connectivity index (χ4n) is 3.53. The molecule has 0 saturated carbocycles. The molecule has 1 aliphatic carbocycles. The third-order valence-corrected chi connectivity index (χ3v) is 7.73. The smallest absolute Gasteiger partial charge is 0.233 e. The van der Waals surface area contributed by atoms with Crippen molar-refractivity contribution in [2.24, 2.45) is 18.4 Å². The van der Waals surface area contributed by atoms with Crippen LogP contribution in [0.5, 0.6) is 0 Å². The largest absolute Gasteiger partial charge is 0.355 e. The Kier molecular flexibility index (Phi) is 6.01. The van der Waals surface area contributed by atoms with Crippen molar-refractivity contribution in [2.75, 3.05) is 6.54 Å². The molecule has 3 rings (SSSR count). The third kappa shape index (κ3) is 4.40. The predicted molar refractivity (Wildman–Crippen MR) is 113 cm³/mol. The number of amides is 1. The van der Waals surface area contributed by atoms with E-state index in [9.17, 15) is 4.79 Å². The van der Waals surface area contributed by atoms with Crippen molar-refractivity contribution in [1.29, 1.82) is 0 Å². The van der Waals surface area contributed by atoms with E-state index < -0.39 is 0 Å². The van der Waals surface area contributed by atoms with Crippen molar-refractivity contribution in [3.63, 3.8) is 0 Å². The molecule has 2 aromatic heterocycles. The molecule has 0 aliphatic heterocycles. The van der Waals surface area contributed by atoms with Gasteiger partial charge >= 0.3 is 0 Å². The number of carbonyl (C=O) groups is 1. The number of nitrogens with zero attached hydrogens (tertiary/aromatic N) is 3. The molecule has 1 amide bonds. The zero-order valence-electron chi connectivity index (χ0n) is 17.1. The van der Waals surface area contributed by atoms with Crippen LogP contribution in [0, 0.1) is 11.3 Å². The molecule has 0 unspecified atom stereocenters. The number of thiophene rings is 1. The minimum atomic E-state index is -0.190. The second kappa shape index (κ2) is 7.95. The first-order chi connectivity index (χ1) is 12.7. The van der Waals surface area contributed by atoms with Gasteiger partial charge in [-0.25, -0.2) is 0 Å². The molecule has 0 aromatic carbocycles. The number of aryl methyl sites for hydroxylation is 1. The number of hydrogen-bond acceptors (Lipinski definition) is 5. The molecule has 0 spiro atoms. The molecular weight excluding hydrogens is 376 g/mol. The predicted octanol–water partition coefficient (Wildman–Crippen LogP) is 4.31. The molecule has 0 fully saturated rings. The van der Waals surface area contributed by atoms with Gasteiger partial charge in [-0.1, -0.05) is 32.5 Å². The number of aromatic nitrogens is 3. The quantitative estimate of drug-likeness (QED) is 0.752. The lowest BCUT2D eigenvalue weighted by Crippen LogP contribution is -2.30. The molecule has 148 valence electrons. The lowest BCUT2D eigenvalue weighted by atomic mass is 9.72. The summed E-state index contributed by atoms with van der Waals surface area (Å²) in [6, 6.07) is 2.31. The van der Waals surface area contributed by atoms with E-state index in [1.165, 1.54) is 33.5 Å². The van der Waals surface area contributed by atoms with Gasteiger partial charge in [-0.15, -0.1) is 21.5 Å². The minimum absolute atomic E-state index is 0.0341. The van der Waals surface area contributed by atoms with E-state index in [1.54, 1.807) is 0 Å². The Morgan fingerprint density at radius 3 is 2.85 bits per heavy atom. The summed E-state index contributed by atoms with van der Waals surface area (Å²) in [5, 5.41) is 12.2. The van der Waals surface area contributed by atoms with Gasteiger partial charge in [0, 0.05) is 18.5 Å². The van der Waals surface area contributed by atoms with Crippen LogP contribution in [-0.4, -0.2) is 32.5 Å². The third-order valence-electron chi connectivity index (χ3n) is 5.37. The number of rotatable bonds is 5. The molecule has 1 N–H and O–H groups in total. The average molecular weight is 407 g/mol. The van der Waals surface area contributed by atoms with Crippen molar-refractivity contribution < 1.29 is 4.79 Å². The van der Waals surface area contributed by atoms with Crippen molar-refractivity contribution in [1.82, 2.24) is 20.1 Å². The van der Waals surface area contributed by atoms with Gasteiger partial charge in [0.15, 0.2) is 11.0 Å². The van der Waals surface area contributed by atoms with Crippen molar-refractivity contribution in [2.45, 2.75) is 64.3 Å². The van der Waals surface area contributed by atoms with Crippen LogP contribution < -0.4 is 5.32 Å². The van der Waals surface area contributed by atoms with Gasteiger partial charge in [0.2, 0.25) is 5.91 Å². The summed E-state index contributed by atoms with van der Waals surface area (Å²) in [6.45, 7) is 11.5. The van der Waals surface area contributed by atoms with Gasteiger partial charge < -0.3 is 9.88 Å². The zero-order chi connectivity index (χ0) is 19.8. The van der Waals surface area contributed by atoms with Crippen LogP contribution in [0.2, 0.25) is 0 Å². The highest BCUT2D eigenvalue weighted by atomic mass is 32.2. The fraction of sp³-hybridized carbons (Fsp3) is 0.650. The topological polar surface area (TPSA) is 59.8 Å². The lowest BCUT2D eigenvalue weighted by molar-refractivity contribution is -0.120. The van der Waals surface area contributed by atoms with E-state index in [4.69, 9.17) is 0 Å². The monoisotopic (exact) mass is 406 g/mol. The first-order valence-corrected chi connectivity index (χ1v) is 11.4. The maximum Gasteiger partial charge on any atom is 0.233 e. The molecule has 2 aromatic rings. The van der Waals surface area contributed by atoms with Gasteiger partial charge in [0.05, 0.1) is 10.1 Å². The van der Waals surface area contributed by atoms with Crippen molar-refractivity contribution in [3.8, 4) is 10.7 Å². The summed E-state index contributed by atoms with van der Waals surface area (Å²) in [5.74, 6) is 1.66. The molecule has 2 heterocycles. The van der Waals surface area contributed by atoms with E-state index in [1.807, 2.05) is 36.8 Å². The van der Waals surface area contributed by atoms with Crippen LogP contribution in [0.4, 0.5) is 0 Å². The van der Waals surface area contributed by atoms with E-state index >= 15 is 0 Å². The second-order valence-corrected chi connectivity index (χ2v) is 10.8. The van der Waals surface area contributed by atoms with Gasteiger partial charge in [0.25, 0.3) is 0 Å². The first-order valence-electron chi connectivity index (χ1n) is 9.66. The SMILES string of the molecule is CCNC(=O)[C@H](C)Sc1nnc(-c2cc3c(s2)CC[C@@H](C(C)(C)C)C3)n1C. The average Bonchev–Trinajstić information content (AvgIpc) is 3.17. The number of nitrogens with one attached hydrogen (secondary N) is 1. The highest BCUT2D eigenvalue weighted by Gasteiger charge is 2.30. The Labute approximate surface area is 170 Å². The Balaban J connectivity index is 1.78. The Bertz CT molecular complexity index is 819. The molecular formula is C20H30N4OS2. The molecule has 0 saturated heterocycles. The molecule has 7 heteroatoms. The molecule has 1 aliphatic rings. The summed E-state index contributed by atoms with van der Waals surface area (Å²) in [5.41, 5.74) is 1.83. The zero-order valence-corrected chi connectivity index (χ0v) is 18.8. The highest BCUT2D eigenvalue weighted by molar-refractivity contribution is 8.00. The highest BCUT2D eigenvalue weighted by Crippen LogP contribution is 2.42. The molecule has 2 atom stereocenters. The maximum absolute atomic E-state index is 12.0. The first kappa shape index (κ1) is 20.4. The molecule has 0 radical (unpaired) electrons. The Morgan fingerprint density at radius 2 is 2.19 bits per heavy atom. The minimum Gasteiger partial charge on any atom is -0.355 e. The number of carbonyl (C=O) groups excluding carboxylic acids is 1. The standard InChI is InChI=1S/C20H30N4OS2/c1-7-21-18(25)12(2)26-19-23-22-17(24(19)6)16-11-13-10-14(20(3,4)5)8-9-15(13)27-16/h11-12,14H,7-10H2,1-6H3,(H,21,25)/t12-,14+/m0/s1. The van der Waals surface area contributed by atoms with Crippen LogP contribution in [-0.2, 0) is 24.7 Å². The summed E-state index contributed by atoms with van der Waals surface area (Å²) in [4.78, 5) is 14.7. The summed E-state index contributed by atoms with van der Waals surface area (Å²) in [7, 11) is 1.98. The number of fused-ring (bicyclic) bond motifs is 1. The second-order valence-electron chi connectivity index (χ2n) is 8.38. The molecule has 0 bridgehead atoms. The number of thioether (sulfide) groups is 1. The molecule has 5 nitrogen and oxygen atoms in total. The summed E-state index contributed by atoms with van der Waals surface area (Å²) >= 11 is 3.30. The molecule has 27 heavy (non-hydrogen) atoms. The van der Waals surface area contributed by atoms with Gasteiger partial charge in [-0.2, -0.15) is 0 Å². The van der Waals surface area contributed by atoms with Crippen LogP contribution in [0.25, 0.3) is 10.7 Å².